The fourth-order valence-corrected chi connectivity index (χ4v) is 12.3. The lowest BCUT2D eigenvalue weighted by Crippen LogP contribution is -2.30. The maximum atomic E-state index is 15.8. The van der Waals surface area contributed by atoms with Crippen LogP contribution < -0.4 is 4.90 Å². The van der Waals surface area contributed by atoms with Crippen molar-refractivity contribution in [2.45, 2.75) is 0 Å². The van der Waals surface area contributed by atoms with Gasteiger partial charge in [0.05, 0.1) is 55.8 Å². The van der Waals surface area contributed by atoms with Crippen molar-refractivity contribution in [3.05, 3.63) is 296 Å². The summed E-state index contributed by atoms with van der Waals surface area (Å²) < 4.78 is 4.49. The molecular weight excluding hydrogens is 989 g/mol. The van der Waals surface area contributed by atoms with Crippen LogP contribution in [0.4, 0.5) is 5.69 Å². The Hall–Kier alpha value is -11.1. The predicted molar refractivity (Wildman–Crippen MR) is 330 cm³/mol. The number of nitrogens with zero attached hydrogens (tertiary/aromatic N) is 4. The number of hydrogen-bond acceptors (Lipinski definition) is 3. The maximum absolute atomic E-state index is 15.8. The molecule has 12 aromatic carbocycles. The molecule has 0 bridgehead atoms. The largest absolute Gasteiger partial charge is 0.309 e. The molecular formula is C75H46N4O2. The number of aromatic nitrogens is 2. The van der Waals surface area contributed by atoms with E-state index in [0.717, 1.165) is 99.2 Å². The summed E-state index contributed by atoms with van der Waals surface area (Å²) in [6.45, 7) is 0. The van der Waals surface area contributed by atoms with Crippen molar-refractivity contribution >= 4 is 61.1 Å². The van der Waals surface area contributed by atoms with Gasteiger partial charge in [-0.3, -0.25) is 9.59 Å². The number of amides is 2. The minimum Gasteiger partial charge on any atom is -0.309 e. The predicted octanol–water partition coefficient (Wildman–Crippen LogP) is 18.6. The van der Waals surface area contributed by atoms with Crippen molar-refractivity contribution in [3.63, 3.8) is 0 Å². The van der Waals surface area contributed by atoms with Gasteiger partial charge in [-0.15, -0.1) is 0 Å². The second-order valence-corrected chi connectivity index (χ2v) is 20.6. The molecule has 2 aromatic heterocycles. The lowest BCUT2D eigenvalue weighted by atomic mass is 9.93. The van der Waals surface area contributed by atoms with Gasteiger partial charge in [0.15, 0.2) is 0 Å². The Morgan fingerprint density at radius 3 is 1.07 bits per heavy atom. The van der Waals surface area contributed by atoms with Gasteiger partial charge < -0.3 is 9.13 Å². The Bertz CT molecular complexity index is 4710. The Kier molecular flexibility index (Phi) is 11.1. The summed E-state index contributed by atoms with van der Waals surface area (Å²) in [5, 5.41) is 16.0. The van der Waals surface area contributed by atoms with E-state index in [0.29, 0.717) is 39.3 Å². The van der Waals surface area contributed by atoms with E-state index in [4.69, 9.17) is 0 Å². The van der Waals surface area contributed by atoms with Crippen molar-refractivity contribution < 1.29 is 9.59 Å². The molecule has 81 heavy (non-hydrogen) atoms. The van der Waals surface area contributed by atoms with E-state index in [9.17, 15) is 5.26 Å². The van der Waals surface area contributed by atoms with Crippen LogP contribution in [-0.4, -0.2) is 20.9 Å². The van der Waals surface area contributed by atoms with E-state index < -0.39 is 11.8 Å². The second kappa shape index (κ2) is 19.1. The highest BCUT2D eigenvalue weighted by atomic mass is 16.2. The third-order valence-corrected chi connectivity index (χ3v) is 16.1. The van der Waals surface area contributed by atoms with Crippen molar-refractivity contribution in [2.24, 2.45) is 0 Å². The molecule has 0 atom stereocenters. The Morgan fingerprint density at radius 1 is 0.272 bits per heavy atom. The quantitative estimate of drug-likeness (QED) is 0.135. The third kappa shape index (κ3) is 7.71. The van der Waals surface area contributed by atoms with E-state index in [1.54, 1.807) is 6.07 Å². The van der Waals surface area contributed by atoms with E-state index in [-0.39, 0.29) is 5.56 Å². The first kappa shape index (κ1) is 47.1. The minimum atomic E-state index is -0.428. The van der Waals surface area contributed by atoms with Crippen LogP contribution in [0.5, 0.6) is 0 Å². The van der Waals surface area contributed by atoms with Crippen LogP contribution in [0.2, 0.25) is 0 Å². The zero-order chi connectivity index (χ0) is 54.1. The Morgan fingerprint density at radius 2 is 0.642 bits per heavy atom. The number of fused-ring (bicyclic) bond motifs is 7. The molecule has 0 radical (unpaired) electrons. The summed E-state index contributed by atoms with van der Waals surface area (Å²) in [4.78, 5) is 32.3. The zero-order valence-electron chi connectivity index (χ0n) is 43.7. The van der Waals surface area contributed by atoms with Gasteiger partial charge in [-0.1, -0.05) is 231 Å². The molecule has 0 saturated carbocycles. The summed E-state index contributed by atoms with van der Waals surface area (Å²) in [5.74, 6) is -0.834. The number of carbonyl (C=O) groups excluding carboxylic acids is 2. The van der Waals surface area contributed by atoms with Gasteiger partial charge in [-0.25, -0.2) is 4.90 Å². The monoisotopic (exact) mass is 1030 g/mol. The van der Waals surface area contributed by atoms with Crippen molar-refractivity contribution in [2.75, 3.05) is 4.90 Å². The smallest absolute Gasteiger partial charge is 0.266 e. The van der Waals surface area contributed by atoms with E-state index in [2.05, 4.69) is 143 Å². The van der Waals surface area contributed by atoms with Crippen LogP contribution in [0.25, 0.3) is 122 Å². The number of nitriles is 1. The molecule has 0 saturated heterocycles. The standard InChI is InChI=1S/C75H46N4O2/c76-47-57-45-72(78-70-43-55(50-23-10-3-11-24-50)35-39-61(70)62-40-36-56(44-71(62)78)51-25-12-4-13-26-51)65(63-30-18-31-64-73(63)75(81)79(74(64)80)66-32-17-16-29-58(66)52-27-14-5-15-28-52)46-67(57)77-68-41-53(48-19-6-1-7-20-48)33-37-59(68)60-38-34-54(42-69(60)77)49-21-8-2-9-22-49/h1-46H. The minimum absolute atomic E-state index is 0.290. The number of benzene rings is 12. The molecule has 15 rings (SSSR count). The van der Waals surface area contributed by atoms with E-state index >= 15 is 9.59 Å². The van der Waals surface area contributed by atoms with Gasteiger partial charge in [-0.05, 0) is 104 Å². The van der Waals surface area contributed by atoms with Crippen molar-refractivity contribution in [1.82, 2.24) is 9.13 Å². The topological polar surface area (TPSA) is 71.0 Å². The van der Waals surface area contributed by atoms with Gasteiger partial charge in [-0.2, -0.15) is 5.26 Å². The molecule has 14 aromatic rings. The fraction of sp³-hybridized carbons (Fsp3) is 0. The van der Waals surface area contributed by atoms with Gasteiger partial charge in [0, 0.05) is 32.7 Å². The summed E-state index contributed by atoms with van der Waals surface area (Å²) in [6.07, 6.45) is 0. The van der Waals surface area contributed by atoms with Crippen LogP contribution >= 0.6 is 0 Å². The maximum Gasteiger partial charge on any atom is 0.266 e. The molecule has 0 fully saturated rings. The van der Waals surface area contributed by atoms with Crippen LogP contribution in [0.15, 0.2) is 279 Å². The first-order valence-electron chi connectivity index (χ1n) is 27.1. The molecule has 1 aliphatic heterocycles. The molecule has 6 heteroatoms. The van der Waals surface area contributed by atoms with Crippen molar-refractivity contribution in [1.29, 1.82) is 5.26 Å². The first-order chi connectivity index (χ1) is 40.0. The molecule has 3 heterocycles. The van der Waals surface area contributed by atoms with Crippen LogP contribution in [0.3, 0.4) is 0 Å². The average molecular weight is 1040 g/mol. The lowest BCUT2D eigenvalue weighted by Gasteiger charge is -2.21. The number of rotatable bonds is 9. The Balaban J connectivity index is 1.06. The molecule has 1 aliphatic rings. The number of hydrogen-bond donors (Lipinski definition) is 0. The first-order valence-corrected chi connectivity index (χ1v) is 27.1. The number of imide groups is 1. The van der Waals surface area contributed by atoms with E-state index in [1.165, 1.54) is 4.90 Å². The van der Waals surface area contributed by atoms with Gasteiger partial charge in [0.1, 0.15) is 6.07 Å². The highest BCUT2D eigenvalue weighted by Crippen LogP contribution is 2.46. The third-order valence-electron chi connectivity index (χ3n) is 16.1. The SMILES string of the molecule is N#Cc1cc(-n2c3cc(-c4ccccc4)ccc3c3ccc(-c4ccccc4)cc32)c(-c2cccc3c2C(=O)N(c2ccccc2-c2ccccc2)C3=O)cc1-n1c2cc(-c3ccccc3)ccc2c2ccc(-c3ccccc3)cc21. The number of anilines is 1. The summed E-state index contributed by atoms with van der Waals surface area (Å²) in [7, 11) is 0. The molecule has 0 unspecified atom stereocenters. The summed E-state index contributed by atoms with van der Waals surface area (Å²) >= 11 is 0. The number of para-hydroxylation sites is 1. The second-order valence-electron chi connectivity index (χ2n) is 20.6. The number of carbonyl (C=O) groups is 2. The molecule has 0 spiro atoms. The molecule has 378 valence electrons. The highest BCUT2D eigenvalue weighted by Gasteiger charge is 2.40. The Labute approximate surface area is 467 Å². The van der Waals surface area contributed by atoms with Crippen LogP contribution in [0.1, 0.15) is 26.3 Å². The summed E-state index contributed by atoms with van der Waals surface area (Å²) in [5.41, 5.74) is 17.7. The van der Waals surface area contributed by atoms with Crippen LogP contribution in [0, 0.1) is 11.3 Å². The van der Waals surface area contributed by atoms with Crippen LogP contribution in [-0.2, 0) is 0 Å². The van der Waals surface area contributed by atoms with Gasteiger partial charge >= 0.3 is 0 Å². The molecule has 2 amide bonds. The fourth-order valence-electron chi connectivity index (χ4n) is 12.3. The summed E-state index contributed by atoms with van der Waals surface area (Å²) in [6, 6.07) is 97.5. The average Bonchev–Trinajstić information content (AvgIpc) is 4.17. The highest BCUT2D eigenvalue weighted by molar-refractivity contribution is 6.37. The lowest BCUT2D eigenvalue weighted by molar-refractivity contribution is 0.0926. The normalized spacial score (nSPS) is 12.2. The van der Waals surface area contributed by atoms with E-state index in [1.807, 2.05) is 146 Å². The molecule has 0 aliphatic carbocycles. The molecule has 6 nitrogen and oxygen atoms in total. The molecule has 0 N–H and O–H groups in total. The zero-order valence-corrected chi connectivity index (χ0v) is 43.7. The van der Waals surface area contributed by atoms with Gasteiger partial charge in [0.2, 0.25) is 0 Å². The van der Waals surface area contributed by atoms with Crippen molar-refractivity contribution in [3.8, 4) is 84.2 Å². The van der Waals surface area contributed by atoms with Gasteiger partial charge in [0.25, 0.3) is 11.8 Å².